The zero-order chi connectivity index (χ0) is 14.5. The van der Waals surface area contributed by atoms with Gasteiger partial charge in [0.05, 0.1) is 18.6 Å². The summed E-state index contributed by atoms with van der Waals surface area (Å²) in [7, 11) is 0. The van der Waals surface area contributed by atoms with Crippen LogP contribution >= 0.6 is 0 Å². The number of aliphatic carboxylic acids is 1. The molecule has 108 valence electrons. The number of amides is 3. The Bertz CT molecular complexity index is 365. The van der Waals surface area contributed by atoms with Crippen LogP contribution in [-0.2, 0) is 14.3 Å². The van der Waals surface area contributed by atoms with Gasteiger partial charge < -0.3 is 26.2 Å². The van der Waals surface area contributed by atoms with Gasteiger partial charge in [-0.15, -0.1) is 0 Å². The fraction of sp³-hybridized carbons (Fsp3) is 0.727. The van der Waals surface area contributed by atoms with Crippen LogP contribution in [0.5, 0.6) is 0 Å². The second kappa shape index (κ2) is 6.37. The molecule has 1 saturated heterocycles. The highest BCUT2D eigenvalue weighted by molar-refractivity contribution is 5.87. The van der Waals surface area contributed by atoms with Crippen molar-refractivity contribution in [1.29, 1.82) is 0 Å². The Kier molecular flexibility index (Phi) is 5.11. The molecule has 19 heavy (non-hydrogen) atoms. The van der Waals surface area contributed by atoms with Crippen molar-refractivity contribution in [2.75, 3.05) is 13.2 Å². The van der Waals surface area contributed by atoms with Crippen LogP contribution in [0, 0.1) is 0 Å². The van der Waals surface area contributed by atoms with E-state index < -0.39 is 35.9 Å². The number of hydrogen-bond acceptors (Lipinski definition) is 4. The largest absolute Gasteiger partial charge is 0.480 e. The van der Waals surface area contributed by atoms with Crippen molar-refractivity contribution >= 4 is 17.9 Å². The normalized spacial score (nSPS) is 24.3. The highest BCUT2D eigenvalue weighted by atomic mass is 16.5. The van der Waals surface area contributed by atoms with Crippen LogP contribution in [0.4, 0.5) is 4.79 Å². The molecule has 0 bridgehead atoms. The van der Waals surface area contributed by atoms with Gasteiger partial charge in [0.25, 0.3) is 0 Å². The van der Waals surface area contributed by atoms with E-state index in [1.807, 2.05) is 6.92 Å². The van der Waals surface area contributed by atoms with Gasteiger partial charge in [0.1, 0.15) is 6.04 Å². The van der Waals surface area contributed by atoms with Crippen LogP contribution in [0.3, 0.4) is 0 Å². The number of carbonyl (C=O) groups excluding carboxylic acids is 2. The Morgan fingerprint density at radius 3 is 2.63 bits per heavy atom. The first-order valence-electron chi connectivity index (χ1n) is 6.00. The summed E-state index contributed by atoms with van der Waals surface area (Å²) in [4.78, 5) is 33.3. The number of carbonyl (C=O) groups is 3. The van der Waals surface area contributed by atoms with Crippen LogP contribution < -0.4 is 16.4 Å². The highest BCUT2D eigenvalue weighted by Crippen LogP contribution is 2.17. The van der Waals surface area contributed by atoms with E-state index in [0.29, 0.717) is 13.2 Å². The topological polar surface area (TPSA) is 131 Å². The molecule has 1 unspecified atom stereocenters. The van der Waals surface area contributed by atoms with E-state index in [1.165, 1.54) is 0 Å². The van der Waals surface area contributed by atoms with Crippen molar-refractivity contribution in [3.63, 3.8) is 0 Å². The number of rotatable bonds is 5. The molecule has 1 heterocycles. The number of nitrogens with one attached hydrogen (secondary N) is 2. The molecule has 1 aliphatic heterocycles. The van der Waals surface area contributed by atoms with Gasteiger partial charge in [-0.1, -0.05) is 0 Å². The Balaban J connectivity index is 2.52. The molecule has 2 atom stereocenters. The lowest BCUT2D eigenvalue weighted by atomic mass is 9.95. The molecule has 0 saturated carbocycles. The van der Waals surface area contributed by atoms with E-state index in [2.05, 4.69) is 10.6 Å². The average Bonchev–Trinajstić information content (AvgIpc) is 2.27. The number of carboxylic acids is 1. The third-order valence-electron chi connectivity index (χ3n) is 2.86. The van der Waals surface area contributed by atoms with E-state index in [-0.39, 0.29) is 0 Å². The second-order valence-electron chi connectivity index (χ2n) is 4.88. The van der Waals surface area contributed by atoms with Crippen LogP contribution in [0.1, 0.15) is 26.2 Å². The zero-order valence-electron chi connectivity index (χ0n) is 10.8. The molecule has 0 aromatic rings. The highest BCUT2D eigenvalue weighted by Gasteiger charge is 2.31. The Morgan fingerprint density at radius 1 is 1.47 bits per heavy atom. The molecule has 0 aliphatic carbocycles. The molecule has 3 amide bonds. The Hall–Kier alpha value is -1.83. The molecule has 8 heteroatoms. The van der Waals surface area contributed by atoms with Crippen LogP contribution in [-0.4, -0.2) is 47.8 Å². The van der Waals surface area contributed by atoms with Gasteiger partial charge in [0, 0.05) is 6.61 Å². The van der Waals surface area contributed by atoms with Crippen molar-refractivity contribution in [3.8, 4) is 0 Å². The fourth-order valence-electron chi connectivity index (χ4n) is 1.90. The van der Waals surface area contributed by atoms with Gasteiger partial charge in [-0.3, -0.25) is 4.79 Å². The third-order valence-corrected chi connectivity index (χ3v) is 2.86. The first-order chi connectivity index (χ1) is 8.82. The minimum absolute atomic E-state index is 0.369. The minimum Gasteiger partial charge on any atom is -0.480 e. The van der Waals surface area contributed by atoms with Crippen molar-refractivity contribution in [1.82, 2.24) is 10.6 Å². The molecule has 1 rings (SSSR count). The predicted molar refractivity (Wildman–Crippen MR) is 65.4 cm³/mol. The van der Waals surface area contributed by atoms with E-state index in [0.717, 1.165) is 12.8 Å². The molecular formula is C11H19N3O5. The molecular weight excluding hydrogens is 254 g/mol. The first-order valence-corrected chi connectivity index (χ1v) is 6.00. The number of nitrogens with two attached hydrogens (primary N) is 1. The zero-order valence-corrected chi connectivity index (χ0v) is 10.8. The maximum Gasteiger partial charge on any atom is 0.326 e. The fourth-order valence-corrected chi connectivity index (χ4v) is 1.90. The predicted octanol–water partition coefficient (Wildman–Crippen LogP) is -0.817. The van der Waals surface area contributed by atoms with E-state index in [1.54, 1.807) is 0 Å². The maximum atomic E-state index is 11.7. The molecule has 1 fully saturated rings. The summed E-state index contributed by atoms with van der Waals surface area (Å²) in [5, 5.41) is 13.7. The number of carboxylic acid groups (broad SMARTS) is 1. The van der Waals surface area contributed by atoms with Crippen LogP contribution in [0.2, 0.25) is 0 Å². The van der Waals surface area contributed by atoms with Crippen LogP contribution in [0.25, 0.3) is 0 Å². The Labute approximate surface area is 110 Å². The van der Waals surface area contributed by atoms with Gasteiger partial charge in [0.2, 0.25) is 5.91 Å². The minimum atomic E-state index is -1.33. The molecule has 5 N–H and O–H groups in total. The van der Waals surface area contributed by atoms with Gasteiger partial charge in [-0.25, -0.2) is 9.59 Å². The first kappa shape index (κ1) is 15.2. The molecule has 1 aliphatic rings. The summed E-state index contributed by atoms with van der Waals surface area (Å²) in [6.45, 7) is 2.84. The smallest absolute Gasteiger partial charge is 0.326 e. The van der Waals surface area contributed by atoms with Crippen molar-refractivity contribution in [2.24, 2.45) is 5.73 Å². The SMILES string of the molecule is CC1(NC(=O)N[C@H](CC(N)=O)C(=O)O)CCCOC1. The Morgan fingerprint density at radius 2 is 2.16 bits per heavy atom. The number of hydrogen-bond donors (Lipinski definition) is 4. The lowest BCUT2D eigenvalue weighted by Crippen LogP contribution is -2.57. The third kappa shape index (κ3) is 5.12. The quantitative estimate of drug-likeness (QED) is 0.520. The molecule has 0 aromatic heterocycles. The number of ether oxygens (including phenoxy) is 1. The average molecular weight is 273 g/mol. The van der Waals surface area contributed by atoms with Crippen molar-refractivity contribution in [3.05, 3.63) is 0 Å². The van der Waals surface area contributed by atoms with Gasteiger partial charge in [0.15, 0.2) is 0 Å². The second-order valence-corrected chi connectivity index (χ2v) is 4.88. The summed E-state index contributed by atoms with van der Waals surface area (Å²) >= 11 is 0. The summed E-state index contributed by atoms with van der Waals surface area (Å²) in [6.07, 6.45) is 1.12. The standard InChI is InChI=1S/C11H19N3O5/c1-11(3-2-4-19-6-11)14-10(18)13-7(9(16)17)5-8(12)15/h7H,2-6H2,1H3,(H2,12,15)(H,16,17)(H2,13,14,18)/t7-,11?/m1/s1. The number of primary amides is 1. The number of urea groups is 1. The van der Waals surface area contributed by atoms with Crippen molar-refractivity contribution in [2.45, 2.75) is 37.8 Å². The molecule has 0 radical (unpaired) electrons. The summed E-state index contributed by atoms with van der Waals surface area (Å²) < 4.78 is 5.27. The van der Waals surface area contributed by atoms with Gasteiger partial charge in [-0.05, 0) is 19.8 Å². The lowest BCUT2D eigenvalue weighted by Gasteiger charge is -2.34. The van der Waals surface area contributed by atoms with E-state index in [9.17, 15) is 14.4 Å². The van der Waals surface area contributed by atoms with Gasteiger partial charge in [-0.2, -0.15) is 0 Å². The maximum absolute atomic E-state index is 11.7. The summed E-state index contributed by atoms with van der Waals surface area (Å²) in [5.74, 6) is -2.10. The molecule has 0 aromatic carbocycles. The van der Waals surface area contributed by atoms with Crippen molar-refractivity contribution < 1.29 is 24.2 Å². The lowest BCUT2D eigenvalue weighted by molar-refractivity contribution is -0.140. The molecule has 0 spiro atoms. The van der Waals surface area contributed by atoms with Crippen LogP contribution in [0.15, 0.2) is 0 Å². The monoisotopic (exact) mass is 273 g/mol. The van der Waals surface area contributed by atoms with E-state index in [4.69, 9.17) is 15.6 Å². The summed E-state index contributed by atoms with van der Waals surface area (Å²) in [6, 6.07) is -1.98. The molecule has 8 nitrogen and oxygen atoms in total. The summed E-state index contributed by atoms with van der Waals surface area (Å²) in [5.41, 5.74) is 4.39. The van der Waals surface area contributed by atoms with Gasteiger partial charge >= 0.3 is 12.0 Å². The van der Waals surface area contributed by atoms with E-state index >= 15 is 0 Å².